The second kappa shape index (κ2) is 5.39. The highest BCUT2D eigenvalue weighted by atomic mass is 16.5. The molecule has 0 radical (unpaired) electrons. The van der Waals surface area contributed by atoms with Gasteiger partial charge >= 0.3 is 0 Å². The molecule has 2 rings (SSSR count). The minimum absolute atomic E-state index is 0.376. The van der Waals surface area contributed by atoms with Crippen molar-refractivity contribution in [1.29, 1.82) is 0 Å². The molecule has 0 amide bonds. The van der Waals surface area contributed by atoms with Crippen LogP contribution in [0.1, 0.15) is 11.1 Å². The Balaban J connectivity index is 2.00. The van der Waals surface area contributed by atoms with E-state index in [1.54, 1.807) is 13.2 Å². The Morgan fingerprint density at radius 1 is 0.941 bits per heavy atom. The topological polar surface area (TPSA) is 29.5 Å². The second-order valence-corrected chi connectivity index (χ2v) is 3.98. The summed E-state index contributed by atoms with van der Waals surface area (Å²) in [5.41, 5.74) is 2.23. The van der Waals surface area contributed by atoms with Crippen LogP contribution in [-0.4, -0.2) is 12.2 Å². The fraction of sp³-hybridized carbons (Fsp3) is 0.200. The molecule has 0 bridgehead atoms. The number of benzene rings is 2. The highest BCUT2D eigenvalue weighted by Crippen LogP contribution is 2.19. The fourth-order valence-electron chi connectivity index (χ4n) is 1.79. The van der Waals surface area contributed by atoms with E-state index < -0.39 is 0 Å². The van der Waals surface area contributed by atoms with Crippen molar-refractivity contribution in [2.45, 2.75) is 12.8 Å². The van der Waals surface area contributed by atoms with Gasteiger partial charge in [0.05, 0.1) is 7.11 Å². The van der Waals surface area contributed by atoms with Crippen molar-refractivity contribution in [3.05, 3.63) is 59.7 Å². The molecule has 0 aliphatic heterocycles. The molecule has 0 heterocycles. The molecule has 0 aromatic heterocycles. The van der Waals surface area contributed by atoms with E-state index in [2.05, 4.69) is 12.1 Å². The van der Waals surface area contributed by atoms with Crippen LogP contribution < -0.4 is 4.74 Å². The summed E-state index contributed by atoms with van der Waals surface area (Å²) < 4.78 is 5.11. The number of hydrogen-bond acceptors (Lipinski definition) is 2. The Morgan fingerprint density at radius 2 is 1.65 bits per heavy atom. The minimum atomic E-state index is 0.376. The van der Waals surface area contributed by atoms with E-state index in [1.165, 1.54) is 5.56 Å². The van der Waals surface area contributed by atoms with Gasteiger partial charge in [-0.1, -0.05) is 30.3 Å². The van der Waals surface area contributed by atoms with Crippen LogP contribution in [0.15, 0.2) is 48.5 Å². The van der Waals surface area contributed by atoms with Crippen molar-refractivity contribution in [3.8, 4) is 11.5 Å². The Bertz CT molecular complexity index is 475. The van der Waals surface area contributed by atoms with Gasteiger partial charge in [0.15, 0.2) is 0 Å². The van der Waals surface area contributed by atoms with Gasteiger partial charge in [-0.3, -0.25) is 0 Å². The quantitative estimate of drug-likeness (QED) is 0.870. The van der Waals surface area contributed by atoms with Gasteiger partial charge in [-0.25, -0.2) is 0 Å². The molecule has 1 N–H and O–H groups in total. The predicted octanol–water partition coefficient (Wildman–Crippen LogP) is 3.19. The van der Waals surface area contributed by atoms with Crippen LogP contribution in [0.3, 0.4) is 0 Å². The normalized spacial score (nSPS) is 10.2. The molecule has 0 fully saturated rings. The average molecular weight is 228 g/mol. The summed E-state index contributed by atoms with van der Waals surface area (Å²) >= 11 is 0. The molecule has 0 saturated heterocycles. The molecule has 2 aromatic rings. The number of hydrogen-bond donors (Lipinski definition) is 1. The first-order valence-corrected chi connectivity index (χ1v) is 5.69. The van der Waals surface area contributed by atoms with Crippen molar-refractivity contribution < 1.29 is 9.84 Å². The van der Waals surface area contributed by atoms with E-state index in [0.717, 1.165) is 24.2 Å². The van der Waals surface area contributed by atoms with E-state index in [0.29, 0.717) is 5.75 Å². The number of phenolic OH excluding ortho intramolecular Hbond substituents is 1. The highest BCUT2D eigenvalue weighted by Gasteiger charge is 2.00. The molecule has 88 valence electrons. The van der Waals surface area contributed by atoms with Gasteiger partial charge in [-0.15, -0.1) is 0 Å². The van der Waals surface area contributed by atoms with Gasteiger partial charge in [0.1, 0.15) is 11.5 Å². The highest BCUT2D eigenvalue weighted by molar-refractivity contribution is 5.33. The van der Waals surface area contributed by atoms with Crippen LogP contribution in [-0.2, 0) is 12.8 Å². The maximum atomic E-state index is 9.65. The van der Waals surface area contributed by atoms with Gasteiger partial charge in [0.25, 0.3) is 0 Å². The molecule has 2 nitrogen and oxygen atoms in total. The van der Waals surface area contributed by atoms with Crippen molar-refractivity contribution >= 4 is 0 Å². The number of aryl methyl sites for hydroxylation is 2. The molecule has 0 aliphatic rings. The number of rotatable bonds is 4. The van der Waals surface area contributed by atoms with Crippen LogP contribution in [0.2, 0.25) is 0 Å². The van der Waals surface area contributed by atoms with E-state index in [9.17, 15) is 5.11 Å². The molecule has 0 atom stereocenters. The van der Waals surface area contributed by atoms with Crippen LogP contribution in [0.5, 0.6) is 11.5 Å². The fourth-order valence-corrected chi connectivity index (χ4v) is 1.79. The summed E-state index contributed by atoms with van der Waals surface area (Å²) in [6.45, 7) is 0. The summed E-state index contributed by atoms with van der Waals surface area (Å²) in [5, 5.41) is 9.65. The van der Waals surface area contributed by atoms with Gasteiger partial charge in [-0.05, 0) is 42.2 Å². The van der Waals surface area contributed by atoms with E-state index >= 15 is 0 Å². The Kier molecular flexibility index (Phi) is 3.66. The molecule has 0 saturated carbocycles. The zero-order valence-corrected chi connectivity index (χ0v) is 9.89. The summed E-state index contributed by atoms with van der Waals surface area (Å²) in [5.74, 6) is 1.25. The largest absolute Gasteiger partial charge is 0.508 e. The number of methoxy groups -OCH3 is 1. The lowest BCUT2D eigenvalue weighted by atomic mass is 10.0. The number of para-hydroxylation sites is 1. The first-order valence-electron chi connectivity index (χ1n) is 5.69. The van der Waals surface area contributed by atoms with E-state index in [-0.39, 0.29) is 0 Å². The van der Waals surface area contributed by atoms with E-state index in [4.69, 9.17) is 4.74 Å². The lowest BCUT2D eigenvalue weighted by molar-refractivity contribution is 0.414. The Morgan fingerprint density at radius 3 is 2.29 bits per heavy atom. The van der Waals surface area contributed by atoms with Crippen molar-refractivity contribution in [2.75, 3.05) is 7.11 Å². The standard InChI is InChI=1S/C15H16O2/c1-17-14-10-7-12(8-11-14)6-9-13-4-2-3-5-15(13)16/h2-5,7-8,10-11,16H,6,9H2,1H3. The smallest absolute Gasteiger partial charge is 0.118 e. The van der Waals surface area contributed by atoms with Crippen molar-refractivity contribution in [3.63, 3.8) is 0 Å². The molecule has 2 heteroatoms. The van der Waals surface area contributed by atoms with E-state index in [1.807, 2.05) is 30.3 Å². The number of aromatic hydroxyl groups is 1. The summed E-state index contributed by atoms with van der Waals surface area (Å²) in [4.78, 5) is 0. The third kappa shape index (κ3) is 3.00. The zero-order chi connectivity index (χ0) is 12.1. The average Bonchev–Trinajstić information content (AvgIpc) is 2.38. The molecular weight excluding hydrogens is 212 g/mol. The molecule has 17 heavy (non-hydrogen) atoms. The third-order valence-electron chi connectivity index (χ3n) is 2.83. The molecule has 0 unspecified atom stereocenters. The molecular formula is C15H16O2. The summed E-state index contributed by atoms with van der Waals surface area (Å²) in [6, 6.07) is 15.5. The monoisotopic (exact) mass is 228 g/mol. The van der Waals surface area contributed by atoms with Gasteiger partial charge in [0, 0.05) is 0 Å². The van der Waals surface area contributed by atoms with Gasteiger partial charge in [0.2, 0.25) is 0 Å². The second-order valence-electron chi connectivity index (χ2n) is 3.98. The van der Waals surface area contributed by atoms with Gasteiger partial charge in [-0.2, -0.15) is 0 Å². The summed E-state index contributed by atoms with van der Waals surface area (Å²) in [7, 11) is 1.66. The van der Waals surface area contributed by atoms with Crippen molar-refractivity contribution in [1.82, 2.24) is 0 Å². The maximum absolute atomic E-state index is 9.65. The lowest BCUT2D eigenvalue weighted by Gasteiger charge is -2.05. The third-order valence-corrected chi connectivity index (χ3v) is 2.83. The molecule has 0 spiro atoms. The molecule has 0 aliphatic carbocycles. The number of phenols is 1. The Labute approximate surface area is 101 Å². The zero-order valence-electron chi connectivity index (χ0n) is 9.89. The van der Waals surface area contributed by atoms with Crippen LogP contribution in [0.25, 0.3) is 0 Å². The number of ether oxygens (including phenoxy) is 1. The lowest BCUT2D eigenvalue weighted by Crippen LogP contribution is -1.92. The maximum Gasteiger partial charge on any atom is 0.118 e. The van der Waals surface area contributed by atoms with Crippen LogP contribution in [0.4, 0.5) is 0 Å². The van der Waals surface area contributed by atoms with Gasteiger partial charge < -0.3 is 9.84 Å². The summed E-state index contributed by atoms with van der Waals surface area (Å²) in [6.07, 6.45) is 1.76. The Hall–Kier alpha value is -1.96. The van der Waals surface area contributed by atoms with Crippen LogP contribution >= 0.6 is 0 Å². The first-order chi connectivity index (χ1) is 8.29. The van der Waals surface area contributed by atoms with Crippen molar-refractivity contribution in [2.24, 2.45) is 0 Å². The minimum Gasteiger partial charge on any atom is -0.508 e. The first kappa shape index (κ1) is 11.5. The SMILES string of the molecule is COc1ccc(CCc2ccccc2O)cc1. The molecule has 2 aromatic carbocycles. The van der Waals surface area contributed by atoms with Crippen LogP contribution in [0, 0.1) is 0 Å². The predicted molar refractivity (Wildman–Crippen MR) is 68.5 cm³/mol.